The monoisotopic (exact) mass is 427 g/mol. The molecule has 0 saturated carbocycles. The summed E-state index contributed by atoms with van der Waals surface area (Å²) in [7, 11) is 3.18. The van der Waals surface area contributed by atoms with E-state index in [2.05, 4.69) is 9.89 Å². The van der Waals surface area contributed by atoms with Crippen LogP contribution in [0.1, 0.15) is 5.56 Å². The van der Waals surface area contributed by atoms with Gasteiger partial charge in [0.25, 0.3) is 5.91 Å². The fourth-order valence-electron chi connectivity index (χ4n) is 3.47. The summed E-state index contributed by atoms with van der Waals surface area (Å²) in [5.41, 5.74) is 1.37. The van der Waals surface area contributed by atoms with E-state index >= 15 is 0 Å². The number of benzene rings is 2. The molecule has 0 spiro atoms. The Morgan fingerprint density at radius 1 is 1.03 bits per heavy atom. The van der Waals surface area contributed by atoms with E-state index < -0.39 is 0 Å². The zero-order valence-electron chi connectivity index (χ0n) is 16.8. The first kappa shape index (κ1) is 20.3. The fourth-order valence-corrected chi connectivity index (χ4v) is 4.43. The van der Waals surface area contributed by atoms with E-state index in [9.17, 15) is 9.18 Å². The van der Waals surface area contributed by atoms with Crippen LogP contribution in [0.25, 0.3) is 6.08 Å². The maximum absolute atomic E-state index is 14.0. The van der Waals surface area contributed by atoms with Gasteiger partial charge in [0.15, 0.2) is 5.17 Å². The summed E-state index contributed by atoms with van der Waals surface area (Å²) in [5, 5.41) is 0.682. The second-order valence-electron chi connectivity index (χ2n) is 6.84. The number of amides is 1. The molecule has 0 N–H and O–H groups in total. The number of halogens is 1. The van der Waals surface area contributed by atoms with Crippen molar-refractivity contribution in [3.8, 4) is 11.5 Å². The Morgan fingerprint density at radius 3 is 2.47 bits per heavy atom. The second-order valence-corrected chi connectivity index (χ2v) is 7.85. The summed E-state index contributed by atoms with van der Waals surface area (Å²) in [6, 6.07) is 12.2. The summed E-state index contributed by atoms with van der Waals surface area (Å²) in [6.45, 7) is 2.67. The van der Waals surface area contributed by atoms with Gasteiger partial charge < -0.3 is 19.3 Å². The Morgan fingerprint density at radius 2 is 1.77 bits per heavy atom. The average molecular weight is 428 g/mol. The molecule has 2 heterocycles. The standard InChI is InChI=1S/C22H22FN3O3S/c1-28-16-7-8-19(29-2)15(13-16)14-20-21(27)24-22(30-20)26-11-9-25(10-12-26)18-6-4-3-5-17(18)23/h3-8,13-14H,9-12H2,1-2H3. The summed E-state index contributed by atoms with van der Waals surface area (Å²) >= 11 is 1.35. The number of thioether (sulfide) groups is 1. The van der Waals surface area contributed by atoms with Crippen molar-refractivity contribution in [2.24, 2.45) is 4.99 Å². The highest BCUT2D eigenvalue weighted by Gasteiger charge is 2.29. The van der Waals surface area contributed by atoms with Gasteiger partial charge in [0, 0.05) is 31.7 Å². The van der Waals surface area contributed by atoms with E-state index in [1.165, 1.54) is 17.8 Å². The second kappa shape index (κ2) is 8.79. The highest BCUT2D eigenvalue weighted by Crippen LogP contribution is 2.34. The van der Waals surface area contributed by atoms with Crippen molar-refractivity contribution in [1.29, 1.82) is 0 Å². The molecule has 2 aliphatic heterocycles. The fraction of sp³-hybridized carbons (Fsp3) is 0.273. The van der Waals surface area contributed by atoms with E-state index in [4.69, 9.17) is 9.47 Å². The quantitative estimate of drug-likeness (QED) is 0.695. The Hall–Kier alpha value is -3.00. The first-order valence-corrected chi connectivity index (χ1v) is 10.4. The van der Waals surface area contributed by atoms with Gasteiger partial charge in [0.05, 0.1) is 24.8 Å². The van der Waals surface area contributed by atoms with Crippen molar-refractivity contribution in [2.45, 2.75) is 0 Å². The Balaban J connectivity index is 1.45. The van der Waals surface area contributed by atoms with Gasteiger partial charge in [-0.3, -0.25) is 4.79 Å². The number of carbonyl (C=O) groups excluding carboxylic acids is 1. The molecule has 2 aliphatic rings. The van der Waals surface area contributed by atoms with Crippen LogP contribution in [-0.2, 0) is 4.79 Å². The Labute approximate surface area is 179 Å². The maximum atomic E-state index is 14.0. The van der Waals surface area contributed by atoms with E-state index in [1.807, 2.05) is 17.0 Å². The van der Waals surface area contributed by atoms with Crippen LogP contribution in [0.2, 0.25) is 0 Å². The number of nitrogens with zero attached hydrogens (tertiary/aromatic N) is 3. The van der Waals surface area contributed by atoms with Crippen LogP contribution >= 0.6 is 11.8 Å². The van der Waals surface area contributed by atoms with Crippen molar-refractivity contribution < 1.29 is 18.7 Å². The van der Waals surface area contributed by atoms with Crippen LogP contribution < -0.4 is 14.4 Å². The average Bonchev–Trinajstić information content (AvgIpc) is 3.14. The topological polar surface area (TPSA) is 54.4 Å². The highest BCUT2D eigenvalue weighted by atomic mass is 32.2. The lowest BCUT2D eigenvalue weighted by atomic mass is 10.1. The largest absolute Gasteiger partial charge is 0.497 e. The number of aliphatic imine (C=N–C) groups is 1. The lowest BCUT2D eigenvalue weighted by molar-refractivity contribution is -0.113. The van der Waals surface area contributed by atoms with Gasteiger partial charge >= 0.3 is 0 Å². The normalized spacial score (nSPS) is 18.0. The van der Waals surface area contributed by atoms with Crippen LogP contribution in [0.4, 0.5) is 10.1 Å². The van der Waals surface area contributed by atoms with E-state index in [1.54, 1.807) is 44.6 Å². The van der Waals surface area contributed by atoms with Gasteiger partial charge in [-0.25, -0.2) is 4.39 Å². The number of methoxy groups -OCH3 is 2. The summed E-state index contributed by atoms with van der Waals surface area (Å²) in [6.07, 6.45) is 1.78. The smallest absolute Gasteiger partial charge is 0.286 e. The van der Waals surface area contributed by atoms with Gasteiger partial charge in [-0.15, -0.1) is 0 Å². The van der Waals surface area contributed by atoms with Gasteiger partial charge in [0.2, 0.25) is 0 Å². The molecule has 1 amide bonds. The number of rotatable bonds is 4. The number of anilines is 1. The molecule has 0 unspecified atom stereocenters. The number of piperazine rings is 1. The van der Waals surface area contributed by atoms with Crippen molar-refractivity contribution in [2.75, 3.05) is 45.3 Å². The molecular weight excluding hydrogens is 405 g/mol. The summed E-state index contributed by atoms with van der Waals surface area (Å²) < 4.78 is 24.7. The third-order valence-corrected chi connectivity index (χ3v) is 6.12. The highest BCUT2D eigenvalue weighted by molar-refractivity contribution is 8.18. The van der Waals surface area contributed by atoms with E-state index in [0.717, 1.165) is 5.56 Å². The molecule has 0 aliphatic carbocycles. The third kappa shape index (κ3) is 4.14. The zero-order chi connectivity index (χ0) is 21.1. The van der Waals surface area contributed by atoms with Crippen LogP contribution in [0.5, 0.6) is 11.5 Å². The van der Waals surface area contributed by atoms with Crippen molar-refractivity contribution in [3.05, 3.63) is 58.8 Å². The van der Waals surface area contributed by atoms with E-state index in [-0.39, 0.29) is 11.7 Å². The number of hydrogen-bond donors (Lipinski definition) is 0. The molecule has 0 atom stereocenters. The van der Waals surface area contributed by atoms with Gasteiger partial charge in [-0.2, -0.15) is 4.99 Å². The van der Waals surface area contributed by atoms with Crippen LogP contribution in [0, 0.1) is 5.82 Å². The molecule has 0 radical (unpaired) electrons. The van der Waals surface area contributed by atoms with Crippen LogP contribution in [0.3, 0.4) is 0 Å². The van der Waals surface area contributed by atoms with Crippen LogP contribution in [0.15, 0.2) is 52.4 Å². The molecule has 30 heavy (non-hydrogen) atoms. The molecule has 0 aromatic heterocycles. The molecule has 4 rings (SSSR count). The number of amidine groups is 1. The molecule has 1 fully saturated rings. The zero-order valence-corrected chi connectivity index (χ0v) is 17.6. The Bertz CT molecular complexity index is 1020. The lowest BCUT2D eigenvalue weighted by Crippen LogP contribution is -2.48. The first-order valence-electron chi connectivity index (χ1n) is 9.58. The minimum absolute atomic E-state index is 0.217. The summed E-state index contributed by atoms with van der Waals surface area (Å²) in [4.78, 5) is 21.3. The van der Waals surface area contributed by atoms with E-state index in [0.29, 0.717) is 53.4 Å². The number of para-hydroxylation sites is 1. The minimum Gasteiger partial charge on any atom is -0.497 e. The molecule has 1 saturated heterocycles. The van der Waals surface area contributed by atoms with Crippen LogP contribution in [-0.4, -0.2) is 56.4 Å². The SMILES string of the molecule is COc1ccc(OC)c(C=C2SC(N3CCN(c4ccccc4F)CC3)=NC2=O)c1. The number of carbonyl (C=O) groups is 1. The van der Waals surface area contributed by atoms with Gasteiger partial charge in [0.1, 0.15) is 17.3 Å². The van der Waals surface area contributed by atoms with Crippen molar-refractivity contribution in [1.82, 2.24) is 4.90 Å². The first-order chi connectivity index (χ1) is 14.6. The minimum atomic E-state index is -0.267. The molecule has 2 aromatic rings. The lowest BCUT2D eigenvalue weighted by Gasteiger charge is -2.36. The van der Waals surface area contributed by atoms with Crippen molar-refractivity contribution in [3.63, 3.8) is 0 Å². The molecule has 0 bridgehead atoms. The number of ether oxygens (including phenoxy) is 2. The molecule has 8 heteroatoms. The molecule has 6 nitrogen and oxygen atoms in total. The van der Waals surface area contributed by atoms with Gasteiger partial charge in [-0.1, -0.05) is 12.1 Å². The maximum Gasteiger partial charge on any atom is 0.286 e. The Kier molecular flexibility index (Phi) is 5.94. The summed E-state index contributed by atoms with van der Waals surface area (Å²) in [5.74, 6) is 0.856. The van der Waals surface area contributed by atoms with Gasteiger partial charge in [-0.05, 0) is 48.2 Å². The predicted molar refractivity (Wildman–Crippen MR) is 118 cm³/mol. The third-order valence-electron chi connectivity index (χ3n) is 5.08. The molecule has 156 valence electrons. The molecule has 2 aromatic carbocycles. The molecular formula is C22H22FN3O3S. The van der Waals surface area contributed by atoms with Crippen molar-refractivity contribution >= 4 is 34.6 Å². The number of hydrogen-bond acceptors (Lipinski definition) is 6. The predicted octanol–water partition coefficient (Wildman–Crippen LogP) is 3.64.